The van der Waals surface area contributed by atoms with Crippen LogP contribution in [0.1, 0.15) is 41.9 Å². The number of carbonyl (C=O) groups excluding carboxylic acids is 2. The van der Waals surface area contributed by atoms with Crippen molar-refractivity contribution in [3.05, 3.63) is 52.8 Å². The zero-order valence-corrected chi connectivity index (χ0v) is 17.4. The van der Waals surface area contributed by atoms with Gasteiger partial charge >= 0.3 is 12.0 Å². The Bertz CT molecular complexity index is 801. The summed E-state index contributed by atoms with van der Waals surface area (Å²) in [6.07, 6.45) is 0.821. The summed E-state index contributed by atoms with van der Waals surface area (Å²) in [7, 11) is 3.67. The van der Waals surface area contributed by atoms with Crippen LogP contribution in [0.25, 0.3) is 0 Å². The van der Waals surface area contributed by atoms with Crippen LogP contribution in [-0.4, -0.2) is 46.9 Å². The van der Waals surface area contributed by atoms with Gasteiger partial charge in [0.05, 0.1) is 24.8 Å². The molecule has 0 fully saturated rings. The topological polar surface area (TPSA) is 76.5 Å². The fourth-order valence-electron chi connectivity index (χ4n) is 3.14. The number of carbonyl (C=O) groups is 2. The number of nitrogens with zero attached hydrogens (tertiary/aromatic N) is 3. The number of benzene rings is 1. The normalized spacial score (nSPS) is 11.8. The number of hydrogen-bond acceptors (Lipinski definition) is 4. The van der Waals surface area contributed by atoms with Crippen LogP contribution in [-0.2, 0) is 23.0 Å². The van der Waals surface area contributed by atoms with Crippen LogP contribution in [0.5, 0.6) is 0 Å². The average molecular weight is 386 g/mol. The third-order valence-corrected chi connectivity index (χ3v) is 4.88. The SMILES string of the molecule is CCOC(=O)C[C@@H](NC(=O)N(C)CCc1c(C)nn(C)c1C)c1ccccc1. The Kier molecular flexibility index (Phi) is 7.61. The number of nitrogens with one attached hydrogen (secondary N) is 1. The van der Waals surface area contributed by atoms with E-state index >= 15 is 0 Å². The van der Waals surface area contributed by atoms with Gasteiger partial charge in [0.15, 0.2) is 0 Å². The molecule has 0 radical (unpaired) electrons. The molecule has 0 saturated carbocycles. The first-order valence-corrected chi connectivity index (χ1v) is 9.54. The van der Waals surface area contributed by atoms with Gasteiger partial charge in [-0.25, -0.2) is 4.79 Å². The smallest absolute Gasteiger partial charge is 0.317 e. The molecule has 1 atom stereocenters. The summed E-state index contributed by atoms with van der Waals surface area (Å²) in [6, 6.07) is 8.81. The zero-order valence-electron chi connectivity index (χ0n) is 17.4. The maximum atomic E-state index is 12.7. The number of aryl methyl sites for hydroxylation is 2. The Labute approximate surface area is 166 Å². The zero-order chi connectivity index (χ0) is 20.7. The van der Waals surface area contributed by atoms with Gasteiger partial charge < -0.3 is 15.0 Å². The summed E-state index contributed by atoms with van der Waals surface area (Å²) < 4.78 is 6.91. The van der Waals surface area contributed by atoms with Gasteiger partial charge in [-0.05, 0) is 38.3 Å². The molecule has 152 valence electrons. The van der Waals surface area contributed by atoms with Crippen LogP contribution >= 0.6 is 0 Å². The number of amides is 2. The highest BCUT2D eigenvalue weighted by Gasteiger charge is 2.21. The molecule has 0 aliphatic carbocycles. The number of likely N-dealkylation sites (N-methyl/N-ethyl adjacent to an activating group) is 1. The maximum Gasteiger partial charge on any atom is 0.317 e. The molecule has 2 rings (SSSR count). The lowest BCUT2D eigenvalue weighted by Crippen LogP contribution is -2.41. The first-order chi connectivity index (χ1) is 13.3. The van der Waals surface area contributed by atoms with E-state index < -0.39 is 6.04 Å². The van der Waals surface area contributed by atoms with E-state index in [1.165, 1.54) is 0 Å². The van der Waals surface area contributed by atoms with Crippen molar-refractivity contribution in [2.45, 2.75) is 39.7 Å². The number of esters is 1. The largest absolute Gasteiger partial charge is 0.466 e. The van der Waals surface area contributed by atoms with Crippen LogP contribution in [0, 0.1) is 13.8 Å². The molecule has 0 saturated heterocycles. The fraction of sp³-hybridized carbons (Fsp3) is 0.476. The number of aromatic nitrogens is 2. The van der Waals surface area contributed by atoms with E-state index in [4.69, 9.17) is 4.74 Å². The third-order valence-electron chi connectivity index (χ3n) is 4.88. The third kappa shape index (κ3) is 5.58. The Morgan fingerprint density at radius 2 is 1.93 bits per heavy atom. The van der Waals surface area contributed by atoms with Gasteiger partial charge in [0.25, 0.3) is 0 Å². The monoisotopic (exact) mass is 386 g/mol. The van der Waals surface area contributed by atoms with Crippen molar-refractivity contribution in [2.75, 3.05) is 20.2 Å². The minimum absolute atomic E-state index is 0.0955. The molecule has 0 aliphatic heterocycles. The van der Waals surface area contributed by atoms with Gasteiger partial charge in [-0.2, -0.15) is 5.10 Å². The summed E-state index contributed by atoms with van der Waals surface area (Å²) >= 11 is 0. The highest BCUT2D eigenvalue weighted by atomic mass is 16.5. The number of hydrogen-bond donors (Lipinski definition) is 1. The molecule has 0 bridgehead atoms. The minimum Gasteiger partial charge on any atom is -0.466 e. The molecule has 0 unspecified atom stereocenters. The van der Waals surface area contributed by atoms with E-state index in [1.54, 1.807) is 18.9 Å². The Balaban J connectivity index is 2.02. The lowest BCUT2D eigenvalue weighted by molar-refractivity contribution is -0.143. The summed E-state index contributed by atoms with van der Waals surface area (Å²) in [5.41, 5.74) is 4.12. The predicted octanol–water partition coefficient (Wildman–Crippen LogP) is 2.92. The van der Waals surface area contributed by atoms with Crippen molar-refractivity contribution in [1.29, 1.82) is 0 Å². The van der Waals surface area contributed by atoms with Crippen molar-refractivity contribution in [1.82, 2.24) is 20.0 Å². The van der Waals surface area contributed by atoms with Gasteiger partial charge in [-0.3, -0.25) is 9.48 Å². The first kappa shape index (κ1) is 21.5. The number of ether oxygens (including phenoxy) is 1. The van der Waals surface area contributed by atoms with Gasteiger partial charge in [-0.1, -0.05) is 30.3 Å². The van der Waals surface area contributed by atoms with Crippen LogP contribution < -0.4 is 5.32 Å². The van der Waals surface area contributed by atoms with Gasteiger partial charge in [0, 0.05) is 26.3 Å². The van der Waals surface area contributed by atoms with E-state index in [0.717, 1.165) is 28.9 Å². The number of urea groups is 1. The van der Waals surface area contributed by atoms with E-state index in [2.05, 4.69) is 10.4 Å². The molecule has 28 heavy (non-hydrogen) atoms. The molecule has 7 heteroatoms. The Hall–Kier alpha value is -2.83. The lowest BCUT2D eigenvalue weighted by Gasteiger charge is -2.23. The molecular formula is C21H30N4O3. The summed E-state index contributed by atoms with van der Waals surface area (Å²) in [4.78, 5) is 26.3. The van der Waals surface area contributed by atoms with Crippen LogP contribution in [0.2, 0.25) is 0 Å². The molecular weight excluding hydrogens is 356 g/mol. The standard InChI is InChI=1S/C21H30N4O3/c1-6-28-20(26)14-19(17-10-8-7-9-11-17)22-21(27)24(4)13-12-18-15(2)23-25(5)16(18)3/h7-11,19H,6,12-14H2,1-5H3,(H,22,27)/t19-/m1/s1. The Morgan fingerprint density at radius 1 is 1.25 bits per heavy atom. The van der Waals surface area contributed by atoms with E-state index in [0.29, 0.717) is 13.2 Å². The predicted molar refractivity (Wildman–Crippen MR) is 108 cm³/mol. The molecule has 0 aliphatic rings. The molecule has 7 nitrogen and oxygen atoms in total. The molecule has 2 aromatic rings. The molecule has 0 spiro atoms. The molecule has 1 heterocycles. The van der Waals surface area contributed by atoms with Crippen molar-refractivity contribution in [3.8, 4) is 0 Å². The highest BCUT2D eigenvalue weighted by molar-refractivity contribution is 5.76. The van der Waals surface area contributed by atoms with Crippen molar-refractivity contribution < 1.29 is 14.3 Å². The molecule has 2 amide bonds. The van der Waals surface area contributed by atoms with Gasteiger partial charge in [0.1, 0.15) is 0 Å². The van der Waals surface area contributed by atoms with Crippen molar-refractivity contribution >= 4 is 12.0 Å². The van der Waals surface area contributed by atoms with Gasteiger partial charge in [-0.15, -0.1) is 0 Å². The van der Waals surface area contributed by atoms with Gasteiger partial charge in [0.2, 0.25) is 0 Å². The summed E-state index contributed by atoms with van der Waals surface area (Å²) in [5.74, 6) is -0.332. The van der Waals surface area contributed by atoms with Crippen molar-refractivity contribution in [2.24, 2.45) is 7.05 Å². The van der Waals surface area contributed by atoms with E-state index in [1.807, 2.05) is 55.9 Å². The maximum absolute atomic E-state index is 12.7. The van der Waals surface area contributed by atoms with Crippen LogP contribution in [0.4, 0.5) is 4.79 Å². The van der Waals surface area contributed by atoms with E-state index in [9.17, 15) is 9.59 Å². The first-order valence-electron chi connectivity index (χ1n) is 9.54. The van der Waals surface area contributed by atoms with Crippen molar-refractivity contribution in [3.63, 3.8) is 0 Å². The molecule has 1 aromatic carbocycles. The quantitative estimate of drug-likeness (QED) is 0.708. The second kappa shape index (κ2) is 9.92. The minimum atomic E-state index is -0.433. The fourth-order valence-corrected chi connectivity index (χ4v) is 3.14. The second-order valence-corrected chi connectivity index (χ2v) is 6.87. The van der Waals surface area contributed by atoms with Crippen LogP contribution in [0.3, 0.4) is 0 Å². The molecule has 1 N–H and O–H groups in total. The lowest BCUT2D eigenvalue weighted by atomic mass is 10.0. The highest BCUT2D eigenvalue weighted by Crippen LogP contribution is 2.18. The average Bonchev–Trinajstić information content (AvgIpc) is 2.91. The Morgan fingerprint density at radius 3 is 2.50 bits per heavy atom. The second-order valence-electron chi connectivity index (χ2n) is 6.87. The number of rotatable bonds is 8. The van der Waals surface area contributed by atoms with E-state index in [-0.39, 0.29) is 18.4 Å². The van der Waals surface area contributed by atoms with Crippen LogP contribution in [0.15, 0.2) is 30.3 Å². The summed E-state index contributed by atoms with van der Waals surface area (Å²) in [6.45, 7) is 6.65. The summed E-state index contributed by atoms with van der Waals surface area (Å²) in [5, 5.41) is 7.38. The molecule has 1 aromatic heterocycles.